The number of aromatic amines is 1. The van der Waals surface area contributed by atoms with Crippen molar-refractivity contribution in [1.29, 1.82) is 0 Å². The summed E-state index contributed by atoms with van der Waals surface area (Å²) in [4.78, 5) is 36.1. The highest BCUT2D eigenvalue weighted by atomic mass is 79.9. The molecule has 0 amide bonds. The molecular weight excluding hydrogens is 620 g/mol. The molecule has 13 heteroatoms. The second kappa shape index (κ2) is 17.9. The van der Waals surface area contributed by atoms with E-state index in [0.717, 1.165) is 57.8 Å². The molecule has 3 aliphatic heterocycles. The Hall–Kier alpha value is -3.91. The largest absolute Gasteiger partial charge is 0.394 e. The van der Waals surface area contributed by atoms with Crippen LogP contribution in [0.2, 0.25) is 0 Å². The van der Waals surface area contributed by atoms with Gasteiger partial charge in [-0.1, -0.05) is 15.9 Å². The van der Waals surface area contributed by atoms with Crippen molar-refractivity contribution in [2.24, 2.45) is 0 Å². The average Bonchev–Trinajstić information content (AvgIpc) is 3.04. The van der Waals surface area contributed by atoms with E-state index in [1.165, 1.54) is 4.48 Å². The minimum Gasteiger partial charge on any atom is -0.394 e. The van der Waals surface area contributed by atoms with Gasteiger partial charge in [-0.2, -0.15) is 0 Å². The van der Waals surface area contributed by atoms with Crippen LogP contribution >= 0.6 is 15.9 Å². The third-order valence-corrected chi connectivity index (χ3v) is 7.29. The zero-order valence-corrected chi connectivity index (χ0v) is 25.5. The molecule has 232 valence electrons. The van der Waals surface area contributed by atoms with Crippen LogP contribution in [0.5, 0.6) is 0 Å². The molecule has 0 saturated carbocycles. The van der Waals surface area contributed by atoms with Crippen LogP contribution in [0.4, 0.5) is 17.1 Å². The fraction of sp³-hybridized carbons (Fsp3) is 0.367. The van der Waals surface area contributed by atoms with Crippen LogP contribution in [0.3, 0.4) is 0 Å². The Labute approximate surface area is 257 Å². The molecule has 3 aromatic heterocycles. The van der Waals surface area contributed by atoms with Gasteiger partial charge in [-0.3, -0.25) is 19.0 Å². The normalized spacial score (nSPS) is 16.5. The zero-order chi connectivity index (χ0) is 31.0. The Morgan fingerprint density at radius 2 is 1.37 bits per heavy atom. The summed E-state index contributed by atoms with van der Waals surface area (Å²) in [7, 11) is 0. The maximum Gasteiger partial charge on any atom is 0.277 e. The van der Waals surface area contributed by atoms with Crippen molar-refractivity contribution >= 4 is 38.7 Å². The summed E-state index contributed by atoms with van der Waals surface area (Å²) in [6.45, 7) is 4.33. The minimum absolute atomic E-state index is 0.0839. The summed E-state index contributed by atoms with van der Waals surface area (Å²) in [5, 5.41) is 0. The van der Waals surface area contributed by atoms with Crippen LogP contribution in [0, 0.1) is 0 Å². The van der Waals surface area contributed by atoms with Crippen LogP contribution < -0.4 is 33.9 Å². The molecule has 0 spiro atoms. The van der Waals surface area contributed by atoms with E-state index in [2.05, 4.69) is 20.9 Å². The number of hydrogen-bond donors (Lipinski definition) is 4. The van der Waals surface area contributed by atoms with E-state index >= 15 is 0 Å². The molecule has 0 aliphatic carbocycles. The Morgan fingerprint density at radius 3 is 1.91 bits per heavy atom. The van der Waals surface area contributed by atoms with Gasteiger partial charge < -0.3 is 41.0 Å². The number of hydrogen-bond acceptors (Lipinski definition) is 9. The highest BCUT2D eigenvalue weighted by molar-refractivity contribution is 9.11. The van der Waals surface area contributed by atoms with Crippen molar-refractivity contribution in [3.05, 3.63) is 103 Å². The van der Waals surface area contributed by atoms with Crippen LogP contribution in [0.15, 0.2) is 86.0 Å². The second-order valence-corrected chi connectivity index (χ2v) is 10.6. The number of halogens is 1. The number of ether oxygens (including phenoxy) is 3. The third kappa shape index (κ3) is 11.0. The molecule has 0 bridgehead atoms. The summed E-state index contributed by atoms with van der Waals surface area (Å²) < 4.78 is 20.0. The first-order chi connectivity index (χ1) is 20.8. The van der Waals surface area contributed by atoms with Crippen molar-refractivity contribution in [3.8, 4) is 0 Å². The van der Waals surface area contributed by atoms with E-state index in [9.17, 15) is 14.4 Å². The van der Waals surface area contributed by atoms with Crippen LogP contribution in [0.1, 0.15) is 31.7 Å². The van der Waals surface area contributed by atoms with Crippen LogP contribution in [-0.4, -0.2) is 53.8 Å². The zero-order valence-electron chi connectivity index (χ0n) is 24.0. The van der Waals surface area contributed by atoms with E-state index < -0.39 is 0 Å². The molecule has 0 unspecified atom stereocenters. The van der Waals surface area contributed by atoms with Gasteiger partial charge in [0.25, 0.3) is 16.7 Å². The number of nitrogens with two attached hydrogens (primary N) is 3. The quantitative estimate of drug-likeness (QED) is 0.321. The summed E-state index contributed by atoms with van der Waals surface area (Å²) >= 11 is 3.37. The van der Waals surface area contributed by atoms with E-state index in [0.29, 0.717) is 18.9 Å². The number of nitrogens with one attached hydrogen (secondary N) is 1. The van der Waals surface area contributed by atoms with E-state index in [1.807, 2.05) is 18.2 Å². The monoisotopic (exact) mass is 658 g/mol. The number of nitrogen functional groups attached to an aromatic ring is 3. The smallest absolute Gasteiger partial charge is 0.277 e. The van der Waals surface area contributed by atoms with Gasteiger partial charge in [0.1, 0.15) is 0 Å². The van der Waals surface area contributed by atoms with E-state index in [1.54, 1.807) is 58.1 Å². The number of anilines is 3. The number of nitrogens with zero attached hydrogens (tertiary/aromatic N) is 2. The Bertz CT molecular complexity index is 1540. The molecule has 0 atom stereocenters. The Morgan fingerprint density at radius 1 is 0.744 bits per heavy atom. The molecule has 3 aromatic rings. The highest BCUT2D eigenvalue weighted by Crippen LogP contribution is 2.19. The van der Waals surface area contributed by atoms with Gasteiger partial charge in [-0.15, -0.1) is 0 Å². The van der Waals surface area contributed by atoms with Crippen LogP contribution in [-0.2, 0) is 14.2 Å². The van der Waals surface area contributed by atoms with Gasteiger partial charge in [0.15, 0.2) is 0 Å². The van der Waals surface area contributed by atoms with Crippen molar-refractivity contribution in [1.82, 2.24) is 14.1 Å². The molecule has 0 aromatic carbocycles. The number of rotatable bonds is 2. The molecule has 43 heavy (non-hydrogen) atoms. The molecule has 7 N–H and O–H groups in total. The predicted octanol–water partition coefficient (Wildman–Crippen LogP) is 3.12. The van der Waals surface area contributed by atoms with Crippen molar-refractivity contribution in [2.75, 3.05) is 56.8 Å². The van der Waals surface area contributed by atoms with Gasteiger partial charge in [0.05, 0.1) is 43.5 Å². The highest BCUT2D eigenvalue weighted by Gasteiger charge is 2.16. The summed E-state index contributed by atoms with van der Waals surface area (Å²) in [5.41, 5.74) is 17.6. The van der Waals surface area contributed by atoms with Crippen molar-refractivity contribution < 1.29 is 14.2 Å². The summed E-state index contributed by atoms with van der Waals surface area (Å²) in [6.07, 6.45) is 12.6. The van der Waals surface area contributed by atoms with Gasteiger partial charge in [-0.05, 0) is 65.9 Å². The number of aromatic nitrogens is 3. The summed E-state index contributed by atoms with van der Waals surface area (Å²) in [6, 6.07) is 10.3. The fourth-order valence-electron chi connectivity index (χ4n) is 4.19. The van der Waals surface area contributed by atoms with E-state index in [4.69, 9.17) is 31.4 Å². The second-order valence-electron chi connectivity index (χ2n) is 9.61. The molecule has 12 nitrogen and oxygen atoms in total. The number of pyridine rings is 3. The standard InChI is InChI=1S/C10H14N2O2.C10H12N2O2.C5H7BrO.C5H6N2O/c2*11-9-2-1-5-12(10(9)13)8-3-6-14-7-4-8;6-5-1-3-7-4-2-5;6-4-2-1-3-7-5(4)8/h1-2,5,8H,3-4,6-7,11H2;1-3,5H,4,6-7,11H2;1H,2-4H2;1-3H,6H2,(H,7,8). The maximum atomic E-state index is 11.7. The lowest BCUT2D eigenvalue weighted by Crippen LogP contribution is -2.29. The Kier molecular flexibility index (Phi) is 14.0. The van der Waals surface area contributed by atoms with Crippen molar-refractivity contribution in [3.63, 3.8) is 0 Å². The first kappa shape index (κ1) is 33.6. The lowest BCUT2D eigenvalue weighted by Gasteiger charge is -2.24. The van der Waals surface area contributed by atoms with Crippen molar-refractivity contribution in [2.45, 2.75) is 31.7 Å². The first-order valence-electron chi connectivity index (χ1n) is 13.9. The predicted molar refractivity (Wildman–Crippen MR) is 173 cm³/mol. The molecule has 3 aliphatic rings. The Balaban J connectivity index is 0.000000164. The van der Waals surface area contributed by atoms with Gasteiger partial charge in [0.2, 0.25) is 0 Å². The first-order valence-corrected chi connectivity index (χ1v) is 14.7. The molecule has 6 heterocycles. The maximum absolute atomic E-state index is 11.7. The molecule has 1 fully saturated rings. The SMILES string of the molecule is BrC1=CCOCC1.Nc1ccc[nH]c1=O.Nc1cccn(C2=CCOCC2)c1=O.Nc1cccn(C2CCOCC2)c1=O. The minimum atomic E-state index is -0.229. The lowest BCUT2D eigenvalue weighted by atomic mass is 10.1. The number of H-pyrrole nitrogens is 1. The molecule has 1 saturated heterocycles. The fourth-order valence-corrected chi connectivity index (χ4v) is 4.48. The topological polar surface area (TPSA) is 183 Å². The molecule has 6 rings (SSSR count). The van der Waals surface area contributed by atoms with Gasteiger partial charge in [0, 0.05) is 56.4 Å². The van der Waals surface area contributed by atoms with Gasteiger partial charge >= 0.3 is 0 Å². The third-order valence-electron chi connectivity index (χ3n) is 6.57. The average molecular weight is 660 g/mol. The lowest BCUT2D eigenvalue weighted by molar-refractivity contribution is 0.0687. The van der Waals surface area contributed by atoms with Crippen LogP contribution in [0.25, 0.3) is 5.70 Å². The molecule has 0 radical (unpaired) electrons. The summed E-state index contributed by atoms with van der Waals surface area (Å²) in [5.74, 6) is 0. The van der Waals surface area contributed by atoms with E-state index in [-0.39, 0.29) is 34.1 Å². The molecular formula is C30H39BrN6O6. The van der Waals surface area contributed by atoms with Gasteiger partial charge in [-0.25, -0.2) is 0 Å².